The quantitative estimate of drug-likeness (QED) is 0.668. The topological polar surface area (TPSA) is 105 Å². The summed E-state index contributed by atoms with van der Waals surface area (Å²) in [4.78, 5) is 35.5. The molecule has 2 aromatic rings. The number of halogens is 1. The Labute approximate surface area is 117 Å². The first kappa shape index (κ1) is 13.8. The number of carbonyl (C=O) groups is 1. The zero-order valence-electron chi connectivity index (χ0n) is 9.92. The molecule has 0 atom stereocenters. The summed E-state index contributed by atoms with van der Waals surface area (Å²) in [6, 6.07) is 7.91. The van der Waals surface area contributed by atoms with Crippen molar-refractivity contribution < 1.29 is 9.72 Å². The molecule has 0 spiro atoms. The van der Waals surface area contributed by atoms with Crippen molar-refractivity contribution in [3.05, 3.63) is 67.6 Å². The smallest absolute Gasteiger partial charge is 0.294 e. The van der Waals surface area contributed by atoms with Gasteiger partial charge in [-0.15, -0.1) is 0 Å². The Hall–Kier alpha value is -2.67. The molecule has 0 saturated heterocycles. The molecule has 0 aliphatic heterocycles. The van der Waals surface area contributed by atoms with Crippen molar-refractivity contribution in [1.82, 2.24) is 4.98 Å². The molecule has 0 unspecified atom stereocenters. The summed E-state index contributed by atoms with van der Waals surface area (Å²) < 4.78 is 0. The second kappa shape index (κ2) is 5.54. The van der Waals surface area contributed by atoms with Gasteiger partial charge in [0.15, 0.2) is 0 Å². The molecule has 0 fully saturated rings. The third-order valence-corrected chi connectivity index (χ3v) is 2.65. The molecular formula is C12H8ClN3O4. The van der Waals surface area contributed by atoms with Crippen molar-refractivity contribution >= 4 is 28.9 Å². The van der Waals surface area contributed by atoms with Crippen LogP contribution in [0.1, 0.15) is 10.5 Å². The van der Waals surface area contributed by atoms with Gasteiger partial charge in [0.2, 0.25) is 5.56 Å². The lowest BCUT2D eigenvalue weighted by molar-refractivity contribution is -0.383. The Kier molecular flexibility index (Phi) is 3.81. The van der Waals surface area contributed by atoms with Gasteiger partial charge < -0.3 is 10.3 Å². The van der Waals surface area contributed by atoms with Gasteiger partial charge in [-0.25, -0.2) is 0 Å². The number of pyridine rings is 1. The van der Waals surface area contributed by atoms with Crippen LogP contribution in [0.4, 0.5) is 11.4 Å². The minimum atomic E-state index is -0.659. The highest BCUT2D eigenvalue weighted by atomic mass is 35.5. The number of rotatable bonds is 3. The predicted molar refractivity (Wildman–Crippen MR) is 73.1 cm³/mol. The van der Waals surface area contributed by atoms with Crippen LogP contribution in [0.3, 0.4) is 0 Å². The monoisotopic (exact) mass is 293 g/mol. The molecule has 20 heavy (non-hydrogen) atoms. The SMILES string of the molecule is O=C(Nc1ccc(Cl)cc1[N+](=O)[O-])c1cccc(=O)[nH]1. The van der Waals surface area contributed by atoms with Crippen LogP contribution < -0.4 is 10.9 Å². The van der Waals surface area contributed by atoms with Gasteiger partial charge in [-0.3, -0.25) is 19.7 Å². The largest absolute Gasteiger partial charge is 0.318 e. The highest BCUT2D eigenvalue weighted by molar-refractivity contribution is 6.31. The number of nitro benzene ring substituents is 1. The molecule has 0 saturated carbocycles. The first-order valence-corrected chi connectivity index (χ1v) is 5.80. The van der Waals surface area contributed by atoms with Gasteiger partial charge in [0.1, 0.15) is 11.4 Å². The van der Waals surface area contributed by atoms with E-state index in [4.69, 9.17) is 11.6 Å². The van der Waals surface area contributed by atoms with Gasteiger partial charge in [-0.05, 0) is 18.2 Å². The summed E-state index contributed by atoms with van der Waals surface area (Å²) in [5.41, 5.74) is -0.775. The number of aromatic nitrogens is 1. The van der Waals surface area contributed by atoms with Gasteiger partial charge in [0, 0.05) is 17.2 Å². The highest BCUT2D eigenvalue weighted by Gasteiger charge is 2.17. The average molecular weight is 294 g/mol. The van der Waals surface area contributed by atoms with E-state index < -0.39 is 16.4 Å². The number of nitrogens with zero attached hydrogens (tertiary/aromatic N) is 1. The van der Waals surface area contributed by atoms with E-state index >= 15 is 0 Å². The van der Waals surface area contributed by atoms with E-state index in [-0.39, 0.29) is 22.1 Å². The first-order valence-electron chi connectivity index (χ1n) is 5.42. The van der Waals surface area contributed by atoms with Crippen LogP contribution >= 0.6 is 11.6 Å². The first-order chi connectivity index (χ1) is 9.47. The van der Waals surface area contributed by atoms with E-state index in [0.717, 1.165) is 6.07 Å². The summed E-state index contributed by atoms with van der Waals surface area (Å²) in [7, 11) is 0. The van der Waals surface area contributed by atoms with Gasteiger partial charge in [0.25, 0.3) is 11.6 Å². The van der Waals surface area contributed by atoms with Gasteiger partial charge in [0.05, 0.1) is 4.92 Å². The van der Waals surface area contributed by atoms with Gasteiger partial charge in [-0.2, -0.15) is 0 Å². The normalized spacial score (nSPS) is 10.1. The fourth-order valence-electron chi connectivity index (χ4n) is 1.53. The Morgan fingerprint density at radius 2 is 2.05 bits per heavy atom. The van der Waals surface area contributed by atoms with E-state index in [1.165, 1.54) is 30.3 Å². The summed E-state index contributed by atoms with van der Waals surface area (Å²) in [6.45, 7) is 0. The second-order valence-electron chi connectivity index (χ2n) is 3.80. The summed E-state index contributed by atoms with van der Waals surface area (Å²) in [6.07, 6.45) is 0. The van der Waals surface area contributed by atoms with E-state index in [0.29, 0.717) is 0 Å². The van der Waals surface area contributed by atoms with Gasteiger partial charge in [-0.1, -0.05) is 17.7 Å². The molecule has 0 radical (unpaired) electrons. The molecule has 1 amide bonds. The number of hydrogen-bond acceptors (Lipinski definition) is 4. The van der Waals surface area contributed by atoms with E-state index in [2.05, 4.69) is 10.3 Å². The fraction of sp³-hybridized carbons (Fsp3) is 0. The number of carbonyl (C=O) groups excluding carboxylic acids is 1. The van der Waals surface area contributed by atoms with E-state index in [9.17, 15) is 19.7 Å². The molecule has 0 aliphatic rings. The number of nitrogens with one attached hydrogen (secondary N) is 2. The summed E-state index contributed by atoms with van der Waals surface area (Å²) in [5.74, 6) is -0.659. The van der Waals surface area contributed by atoms with Crippen LogP contribution in [0.15, 0.2) is 41.2 Å². The van der Waals surface area contributed by atoms with Crippen LogP contribution in [-0.2, 0) is 0 Å². The summed E-state index contributed by atoms with van der Waals surface area (Å²) >= 11 is 5.67. The second-order valence-corrected chi connectivity index (χ2v) is 4.24. The van der Waals surface area contributed by atoms with Crippen LogP contribution in [0.5, 0.6) is 0 Å². The highest BCUT2D eigenvalue weighted by Crippen LogP contribution is 2.27. The number of nitro groups is 1. The van der Waals surface area contributed by atoms with Crippen LogP contribution in [0.25, 0.3) is 0 Å². The van der Waals surface area contributed by atoms with E-state index in [1.54, 1.807) is 0 Å². The molecule has 1 aromatic heterocycles. The molecule has 0 bridgehead atoms. The van der Waals surface area contributed by atoms with Crippen molar-refractivity contribution in [2.75, 3.05) is 5.32 Å². The molecule has 1 aromatic carbocycles. The van der Waals surface area contributed by atoms with Gasteiger partial charge >= 0.3 is 0 Å². The number of anilines is 1. The average Bonchev–Trinajstić information content (AvgIpc) is 2.40. The minimum Gasteiger partial charge on any atom is -0.318 e. The van der Waals surface area contributed by atoms with E-state index in [1.807, 2.05) is 0 Å². The molecule has 0 aliphatic carbocycles. The van der Waals surface area contributed by atoms with Crippen molar-refractivity contribution in [1.29, 1.82) is 0 Å². The van der Waals surface area contributed by atoms with Crippen LogP contribution in [0.2, 0.25) is 5.02 Å². The van der Waals surface area contributed by atoms with Crippen molar-refractivity contribution in [2.24, 2.45) is 0 Å². The number of benzene rings is 1. The maximum atomic E-state index is 11.9. The maximum absolute atomic E-state index is 11.9. The molecule has 8 heteroatoms. The van der Waals surface area contributed by atoms with Crippen molar-refractivity contribution in [3.8, 4) is 0 Å². The fourth-order valence-corrected chi connectivity index (χ4v) is 1.70. The molecule has 7 nitrogen and oxygen atoms in total. The third kappa shape index (κ3) is 3.01. The molecular weight excluding hydrogens is 286 g/mol. The molecule has 1 heterocycles. The van der Waals surface area contributed by atoms with Crippen LogP contribution in [0, 0.1) is 10.1 Å². The Bertz CT molecular complexity index is 741. The maximum Gasteiger partial charge on any atom is 0.294 e. The van der Waals surface area contributed by atoms with Crippen LogP contribution in [-0.4, -0.2) is 15.8 Å². The Balaban J connectivity index is 2.33. The van der Waals surface area contributed by atoms with Crippen molar-refractivity contribution in [2.45, 2.75) is 0 Å². The lowest BCUT2D eigenvalue weighted by Gasteiger charge is -2.06. The number of H-pyrrole nitrogens is 1. The lowest BCUT2D eigenvalue weighted by Crippen LogP contribution is -2.18. The number of aromatic amines is 1. The lowest BCUT2D eigenvalue weighted by atomic mass is 10.2. The third-order valence-electron chi connectivity index (χ3n) is 2.42. The molecule has 2 rings (SSSR count). The van der Waals surface area contributed by atoms with Crippen molar-refractivity contribution in [3.63, 3.8) is 0 Å². The number of amides is 1. The summed E-state index contributed by atoms with van der Waals surface area (Å²) in [5, 5.41) is 13.4. The zero-order valence-corrected chi connectivity index (χ0v) is 10.7. The molecule has 102 valence electrons. The molecule has 2 N–H and O–H groups in total. The predicted octanol–water partition coefficient (Wildman–Crippen LogP) is 2.19. The minimum absolute atomic E-state index is 0.00162. The Morgan fingerprint density at radius 1 is 1.30 bits per heavy atom. The zero-order chi connectivity index (χ0) is 14.7. The standard InChI is InChI=1S/C12H8ClN3O4/c13-7-4-5-8(10(6-7)16(19)20)15-12(18)9-2-1-3-11(17)14-9/h1-6H,(H,14,17)(H,15,18). The number of hydrogen-bond donors (Lipinski definition) is 2. The Morgan fingerprint density at radius 3 is 2.70 bits per heavy atom.